The highest BCUT2D eigenvalue weighted by atomic mass is 32.1. The van der Waals surface area contributed by atoms with Crippen molar-refractivity contribution in [3.05, 3.63) is 0 Å². The lowest BCUT2D eigenvalue weighted by Crippen LogP contribution is -2.34. The summed E-state index contributed by atoms with van der Waals surface area (Å²) >= 11 is 3.70. The Morgan fingerprint density at radius 2 is 1.46 bits per heavy atom. The van der Waals surface area contributed by atoms with Gasteiger partial charge in [-0.05, 0) is 18.6 Å². The van der Waals surface area contributed by atoms with E-state index in [1.54, 1.807) is 0 Å². The fourth-order valence-corrected chi connectivity index (χ4v) is 3.33. The average Bonchev–Trinajstić information content (AvgIpc) is 1.81. The van der Waals surface area contributed by atoms with E-state index >= 15 is 0 Å². The maximum Gasteiger partial charge on any atom is 0.0144 e. The first kappa shape index (κ1) is 13.7. The molecule has 0 atom stereocenters. The van der Waals surface area contributed by atoms with E-state index in [1.807, 2.05) is 0 Å². The molecule has 0 aliphatic rings. The van der Waals surface area contributed by atoms with Crippen molar-refractivity contribution in [3.8, 4) is 0 Å². The lowest BCUT2D eigenvalue weighted by Gasteiger charge is -2.49. The van der Waals surface area contributed by atoms with E-state index in [2.05, 4.69) is 12.6 Å². The minimum absolute atomic E-state index is 0.0940. The van der Waals surface area contributed by atoms with Crippen molar-refractivity contribution >= 4 is 27.8 Å². The van der Waals surface area contributed by atoms with E-state index in [-0.39, 0.29) is 12.2 Å². The van der Waals surface area contributed by atoms with Gasteiger partial charge in [-0.25, -0.2) is 0 Å². The fourth-order valence-electron chi connectivity index (χ4n) is 0.763. The van der Waals surface area contributed by atoms with Crippen LogP contribution in [-0.4, -0.2) is 11.2 Å². The van der Waals surface area contributed by atoms with Gasteiger partial charge in [-0.1, -0.05) is 15.2 Å². The monoisotopic (exact) mass is 246 g/mol. The van der Waals surface area contributed by atoms with E-state index < -0.39 is 27.0 Å². The van der Waals surface area contributed by atoms with Crippen molar-refractivity contribution in [1.82, 2.24) is 0 Å². The second kappa shape index (κ2) is 4.94. The Balaban J connectivity index is 4.59. The van der Waals surface area contributed by atoms with Gasteiger partial charge in [0.2, 0.25) is 0 Å². The molecule has 9 heteroatoms. The normalized spacial score (nSPS) is 13.7. The predicted octanol–water partition coefficient (Wildman–Crippen LogP) is -2.15. The van der Waals surface area contributed by atoms with Gasteiger partial charge in [0.05, 0.1) is 0 Å². The lowest BCUT2D eigenvalue weighted by molar-refractivity contribution is -0.330. The smallest absolute Gasteiger partial charge is 0.0144 e. The summed E-state index contributed by atoms with van der Waals surface area (Å²) in [6.07, 6.45) is -0.380. The largest absolute Gasteiger partial charge is 0.810 e. The van der Waals surface area contributed by atoms with Gasteiger partial charge in [-0.2, -0.15) is 12.6 Å². The second-order valence-electron chi connectivity index (χ2n) is 2.43. The fraction of sp³-hybridized carbons (Fsp3) is 1.00. The van der Waals surface area contributed by atoms with Crippen LogP contribution in [0.25, 0.3) is 0 Å². The maximum atomic E-state index is 10.4. The lowest BCUT2D eigenvalue weighted by atomic mass is 10.4. The summed E-state index contributed by atoms with van der Waals surface area (Å²) in [6.45, 7) is 0. The molecule has 0 aliphatic carbocycles. The number of rotatable bonds is 5. The molecule has 0 bridgehead atoms. The third kappa shape index (κ3) is 5.18. The number of hydrogen-bond donors (Lipinski definition) is 1. The molecule has 0 aromatic carbocycles. The van der Waals surface area contributed by atoms with E-state index in [1.165, 1.54) is 0 Å². The van der Waals surface area contributed by atoms with Crippen LogP contribution in [0.1, 0.15) is 12.8 Å². The molecule has 6 nitrogen and oxygen atoms in total. The average molecular weight is 246 g/mol. The molecule has 0 aliphatic heterocycles. The molecule has 13 heavy (non-hydrogen) atoms. The molecule has 0 rings (SSSR count). The molecule has 0 heterocycles. The molecule has 0 amide bonds. The Hall–Kier alpha value is 0.650. The zero-order valence-corrected chi connectivity index (χ0v) is 9.17. The quantitative estimate of drug-likeness (QED) is 0.435. The third-order valence-corrected chi connectivity index (χ3v) is 5.34. The Morgan fingerprint density at radius 3 is 1.69 bits per heavy atom. The topological polar surface area (TPSA) is 126 Å². The summed E-state index contributed by atoms with van der Waals surface area (Å²) in [6, 6.07) is 0. The third-order valence-electron chi connectivity index (χ3n) is 1.35. The molecular weight excluding hydrogens is 238 g/mol. The van der Waals surface area contributed by atoms with Crippen LogP contribution in [0, 0.1) is 0 Å². The van der Waals surface area contributed by atoms with Crippen LogP contribution >= 0.6 is 27.8 Å². The minimum Gasteiger partial charge on any atom is -0.810 e. The summed E-state index contributed by atoms with van der Waals surface area (Å²) in [5, 5.41) is -2.33. The van der Waals surface area contributed by atoms with Crippen molar-refractivity contribution in [2.24, 2.45) is 0 Å². The molecule has 0 unspecified atom stereocenters. The van der Waals surface area contributed by atoms with Gasteiger partial charge in [0.1, 0.15) is 0 Å². The highest BCUT2D eigenvalue weighted by molar-refractivity contribution is 7.80. The standard InChI is InChI=1S/C4H12O6P2S/c5-11(6,7)4(2-1-3-13)12(8,9)10/h4,13H,1-3H2,(H2,5,6,7)(H2,8,9,10)/p-4. The van der Waals surface area contributed by atoms with Crippen molar-refractivity contribution < 1.29 is 28.7 Å². The number of thiol groups is 1. The van der Waals surface area contributed by atoms with Gasteiger partial charge in [-0.15, -0.1) is 0 Å². The summed E-state index contributed by atoms with van der Waals surface area (Å²) in [7, 11) is -10.7. The van der Waals surface area contributed by atoms with Crippen LogP contribution in [0.5, 0.6) is 0 Å². The van der Waals surface area contributed by atoms with Gasteiger partial charge < -0.3 is 28.7 Å². The zero-order valence-electron chi connectivity index (χ0n) is 6.49. The molecule has 0 saturated carbocycles. The summed E-state index contributed by atoms with van der Waals surface area (Å²) in [4.78, 5) is 41.4. The molecule has 0 fully saturated rings. The van der Waals surface area contributed by atoms with Crippen LogP contribution in [0.2, 0.25) is 0 Å². The van der Waals surface area contributed by atoms with E-state index in [4.69, 9.17) is 0 Å². The first-order valence-corrected chi connectivity index (χ1v) is 7.19. The zero-order chi connectivity index (χ0) is 10.7. The van der Waals surface area contributed by atoms with Crippen LogP contribution in [0.15, 0.2) is 0 Å². The number of hydrogen-bond acceptors (Lipinski definition) is 7. The Bertz CT molecular complexity index is 221. The SMILES string of the molecule is O=P([O-])([O-])C(CCCS)P(=O)([O-])[O-]. The van der Waals surface area contributed by atoms with E-state index in [9.17, 15) is 28.7 Å². The molecule has 80 valence electrons. The first-order chi connectivity index (χ1) is 5.69. The molecule has 0 radical (unpaired) electrons. The predicted molar refractivity (Wildman–Crippen MR) is 42.1 cm³/mol. The molecule has 0 spiro atoms. The molecule has 0 N–H and O–H groups in total. The molecular formula is C4H8O6P2S-4. The van der Waals surface area contributed by atoms with E-state index in [0.717, 1.165) is 0 Å². The van der Waals surface area contributed by atoms with Crippen LogP contribution in [-0.2, 0) is 9.13 Å². The van der Waals surface area contributed by atoms with Gasteiger partial charge in [0, 0.05) is 5.40 Å². The molecule has 0 aromatic rings. The van der Waals surface area contributed by atoms with E-state index in [0.29, 0.717) is 0 Å². The second-order valence-corrected chi connectivity index (χ2v) is 6.69. The highest BCUT2D eigenvalue weighted by Crippen LogP contribution is 2.52. The van der Waals surface area contributed by atoms with Crippen LogP contribution in [0.4, 0.5) is 0 Å². The summed E-state index contributed by atoms with van der Waals surface area (Å²) in [5.41, 5.74) is 0. The Kier molecular flexibility index (Phi) is 5.18. The first-order valence-electron chi connectivity index (χ1n) is 3.34. The molecule has 0 aromatic heterocycles. The van der Waals surface area contributed by atoms with Gasteiger partial charge >= 0.3 is 0 Å². The van der Waals surface area contributed by atoms with Crippen molar-refractivity contribution in [2.45, 2.75) is 18.2 Å². The summed E-state index contributed by atoms with van der Waals surface area (Å²) in [5.74, 6) is 0.219. The van der Waals surface area contributed by atoms with Gasteiger partial charge in [0.25, 0.3) is 0 Å². The van der Waals surface area contributed by atoms with Crippen molar-refractivity contribution in [1.29, 1.82) is 0 Å². The summed E-state index contributed by atoms with van der Waals surface area (Å²) < 4.78 is 20.7. The van der Waals surface area contributed by atoms with Gasteiger partial charge in [-0.3, -0.25) is 0 Å². The Morgan fingerprint density at radius 1 is 1.08 bits per heavy atom. The van der Waals surface area contributed by atoms with Crippen molar-refractivity contribution in [3.63, 3.8) is 0 Å². The minimum atomic E-state index is -5.35. The van der Waals surface area contributed by atoms with Gasteiger partial charge in [0.15, 0.2) is 0 Å². The van der Waals surface area contributed by atoms with Crippen LogP contribution < -0.4 is 19.6 Å². The van der Waals surface area contributed by atoms with Crippen LogP contribution in [0.3, 0.4) is 0 Å². The maximum absolute atomic E-state index is 10.4. The highest BCUT2D eigenvalue weighted by Gasteiger charge is 2.16. The Labute approximate surface area is 81.1 Å². The molecule has 0 saturated heterocycles. The van der Waals surface area contributed by atoms with Crippen molar-refractivity contribution in [2.75, 3.05) is 5.75 Å².